The highest BCUT2D eigenvalue weighted by molar-refractivity contribution is 7.26. The standard InChI is InChI=1S/C48H29NOS/c1-3-13-32-27-34(25-23-30(32)11-1)49(35-26-24-31-12-2-4-14-33(31)28-35)43-20-10-22-45-46(43)42-29-41(36-15-5-6-17-40(36)48(42)51-45)39-19-9-18-38-37-16-7-8-21-44(37)50-47(38)39/h1-29H. The lowest BCUT2D eigenvalue weighted by molar-refractivity contribution is 0.670. The molecule has 11 aromatic rings. The lowest BCUT2D eigenvalue weighted by atomic mass is 9.94. The van der Waals surface area contributed by atoms with E-state index in [2.05, 4.69) is 175 Å². The second-order valence-corrected chi connectivity index (χ2v) is 14.3. The first-order chi connectivity index (χ1) is 25.3. The Morgan fingerprint density at radius 3 is 1.76 bits per heavy atom. The van der Waals surface area contributed by atoms with Crippen LogP contribution in [0.1, 0.15) is 0 Å². The van der Waals surface area contributed by atoms with Crippen molar-refractivity contribution in [1.82, 2.24) is 0 Å². The fraction of sp³-hybridized carbons (Fsp3) is 0. The summed E-state index contributed by atoms with van der Waals surface area (Å²) in [5.74, 6) is 0. The van der Waals surface area contributed by atoms with E-state index < -0.39 is 0 Å². The Morgan fingerprint density at radius 1 is 0.412 bits per heavy atom. The molecule has 0 aliphatic rings. The molecule has 0 bridgehead atoms. The van der Waals surface area contributed by atoms with E-state index in [0.29, 0.717) is 0 Å². The van der Waals surface area contributed by atoms with E-state index in [-0.39, 0.29) is 0 Å². The minimum atomic E-state index is 0.912. The van der Waals surface area contributed by atoms with Crippen molar-refractivity contribution in [3.8, 4) is 11.1 Å². The first-order valence-electron chi connectivity index (χ1n) is 17.3. The van der Waals surface area contributed by atoms with Crippen molar-refractivity contribution < 1.29 is 4.42 Å². The molecular weight excluding hydrogens is 639 g/mol. The summed E-state index contributed by atoms with van der Waals surface area (Å²) < 4.78 is 9.17. The summed E-state index contributed by atoms with van der Waals surface area (Å²) in [5.41, 5.74) is 7.55. The molecule has 238 valence electrons. The molecule has 0 atom stereocenters. The van der Waals surface area contributed by atoms with Gasteiger partial charge in [-0.15, -0.1) is 11.3 Å². The number of hydrogen-bond acceptors (Lipinski definition) is 3. The second-order valence-electron chi connectivity index (χ2n) is 13.3. The number of rotatable bonds is 4. The topological polar surface area (TPSA) is 16.4 Å². The second kappa shape index (κ2) is 11.0. The van der Waals surface area contributed by atoms with Crippen molar-refractivity contribution in [1.29, 1.82) is 0 Å². The molecule has 0 spiro atoms. The molecule has 0 saturated carbocycles. The number of fused-ring (bicyclic) bond motifs is 10. The monoisotopic (exact) mass is 667 g/mol. The summed E-state index contributed by atoms with van der Waals surface area (Å²) in [5, 5.41) is 12.2. The summed E-state index contributed by atoms with van der Waals surface area (Å²) in [6.45, 7) is 0. The molecule has 0 radical (unpaired) electrons. The van der Waals surface area contributed by atoms with E-state index in [0.717, 1.165) is 44.6 Å². The molecule has 0 fully saturated rings. The molecule has 2 heterocycles. The predicted octanol–water partition coefficient (Wildman–Crippen LogP) is 14.6. The highest BCUT2D eigenvalue weighted by Crippen LogP contribution is 2.49. The Kier molecular flexibility index (Phi) is 6.16. The molecular formula is C48H29NOS. The van der Waals surface area contributed by atoms with Gasteiger partial charge in [-0.3, -0.25) is 0 Å². The van der Waals surface area contributed by atoms with Gasteiger partial charge >= 0.3 is 0 Å². The molecule has 0 N–H and O–H groups in total. The zero-order valence-corrected chi connectivity index (χ0v) is 28.3. The minimum absolute atomic E-state index is 0.912. The molecule has 0 amide bonds. The lowest BCUT2D eigenvalue weighted by Crippen LogP contribution is -2.10. The van der Waals surface area contributed by atoms with Crippen molar-refractivity contribution in [3.05, 3.63) is 176 Å². The first-order valence-corrected chi connectivity index (χ1v) is 18.2. The van der Waals surface area contributed by atoms with E-state index in [1.807, 2.05) is 17.4 Å². The number of anilines is 3. The number of furan rings is 1. The molecule has 2 aromatic heterocycles. The maximum Gasteiger partial charge on any atom is 0.143 e. The smallest absolute Gasteiger partial charge is 0.143 e. The fourth-order valence-electron chi connectivity index (χ4n) is 8.06. The van der Waals surface area contributed by atoms with E-state index in [4.69, 9.17) is 4.42 Å². The maximum atomic E-state index is 6.61. The summed E-state index contributed by atoms with van der Waals surface area (Å²) in [7, 11) is 0. The molecule has 0 aliphatic heterocycles. The van der Waals surface area contributed by atoms with Gasteiger partial charge in [0.25, 0.3) is 0 Å². The van der Waals surface area contributed by atoms with Gasteiger partial charge in [0.2, 0.25) is 0 Å². The van der Waals surface area contributed by atoms with Crippen LogP contribution in [0.15, 0.2) is 180 Å². The van der Waals surface area contributed by atoms with Crippen molar-refractivity contribution >= 4 is 103 Å². The summed E-state index contributed by atoms with van der Waals surface area (Å²) in [4.78, 5) is 2.45. The number of para-hydroxylation sites is 2. The normalized spacial score (nSPS) is 11.9. The number of benzene rings is 9. The third-order valence-electron chi connectivity index (χ3n) is 10.4. The summed E-state index contributed by atoms with van der Waals surface area (Å²) in [6, 6.07) is 63.8. The van der Waals surface area contributed by atoms with Gasteiger partial charge < -0.3 is 9.32 Å². The van der Waals surface area contributed by atoms with Crippen molar-refractivity contribution in [2.75, 3.05) is 4.90 Å². The Morgan fingerprint density at radius 2 is 1.02 bits per heavy atom. The van der Waals surface area contributed by atoms with Crippen LogP contribution in [0.3, 0.4) is 0 Å². The number of nitrogens with zero attached hydrogens (tertiary/aromatic N) is 1. The Balaban J connectivity index is 1.23. The average Bonchev–Trinajstić information content (AvgIpc) is 3.77. The van der Waals surface area contributed by atoms with E-state index >= 15 is 0 Å². The van der Waals surface area contributed by atoms with Crippen LogP contribution in [0.25, 0.3) is 85.6 Å². The van der Waals surface area contributed by atoms with Crippen LogP contribution in [0, 0.1) is 0 Å². The van der Waals surface area contributed by atoms with E-state index in [1.165, 1.54) is 58.1 Å². The Labute approximate surface area is 298 Å². The lowest BCUT2D eigenvalue weighted by Gasteiger charge is -2.27. The van der Waals surface area contributed by atoms with Crippen LogP contribution < -0.4 is 4.90 Å². The molecule has 0 aliphatic carbocycles. The van der Waals surface area contributed by atoms with Gasteiger partial charge in [-0.05, 0) is 81.0 Å². The summed E-state index contributed by atoms with van der Waals surface area (Å²) >= 11 is 1.88. The molecule has 9 aromatic carbocycles. The highest BCUT2D eigenvalue weighted by atomic mass is 32.1. The molecule has 3 heteroatoms. The summed E-state index contributed by atoms with van der Waals surface area (Å²) in [6.07, 6.45) is 0. The largest absolute Gasteiger partial charge is 0.455 e. The molecule has 11 rings (SSSR count). The van der Waals surface area contributed by atoms with E-state index in [9.17, 15) is 0 Å². The van der Waals surface area contributed by atoms with Crippen molar-refractivity contribution in [2.45, 2.75) is 0 Å². The van der Waals surface area contributed by atoms with E-state index in [1.54, 1.807) is 0 Å². The van der Waals surface area contributed by atoms with Crippen molar-refractivity contribution in [2.24, 2.45) is 0 Å². The van der Waals surface area contributed by atoms with Crippen LogP contribution in [0.2, 0.25) is 0 Å². The van der Waals surface area contributed by atoms with Gasteiger partial charge in [0, 0.05) is 53.3 Å². The Bertz CT molecular complexity index is 3090. The third-order valence-corrected chi connectivity index (χ3v) is 11.6. The molecule has 51 heavy (non-hydrogen) atoms. The van der Waals surface area contributed by atoms with Gasteiger partial charge in [-0.25, -0.2) is 0 Å². The number of hydrogen-bond donors (Lipinski definition) is 0. The van der Waals surface area contributed by atoms with Crippen LogP contribution >= 0.6 is 11.3 Å². The van der Waals surface area contributed by atoms with Crippen LogP contribution in [-0.4, -0.2) is 0 Å². The van der Waals surface area contributed by atoms with Gasteiger partial charge in [-0.1, -0.05) is 127 Å². The van der Waals surface area contributed by atoms with Crippen LogP contribution in [-0.2, 0) is 0 Å². The zero-order chi connectivity index (χ0) is 33.5. The van der Waals surface area contributed by atoms with Gasteiger partial charge in [0.15, 0.2) is 0 Å². The maximum absolute atomic E-state index is 6.61. The minimum Gasteiger partial charge on any atom is -0.455 e. The number of thiophene rings is 1. The van der Waals surface area contributed by atoms with Gasteiger partial charge in [0.1, 0.15) is 11.2 Å². The zero-order valence-electron chi connectivity index (χ0n) is 27.5. The quantitative estimate of drug-likeness (QED) is 0.186. The third kappa shape index (κ3) is 4.35. The average molecular weight is 668 g/mol. The predicted molar refractivity (Wildman–Crippen MR) is 219 cm³/mol. The van der Waals surface area contributed by atoms with Crippen molar-refractivity contribution in [3.63, 3.8) is 0 Å². The fourth-order valence-corrected chi connectivity index (χ4v) is 9.30. The van der Waals surface area contributed by atoms with Crippen LogP contribution in [0.4, 0.5) is 17.1 Å². The van der Waals surface area contributed by atoms with Crippen LogP contribution in [0.5, 0.6) is 0 Å². The van der Waals surface area contributed by atoms with Gasteiger partial charge in [-0.2, -0.15) is 0 Å². The molecule has 0 unspecified atom stereocenters. The highest BCUT2D eigenvalue weighted by Gasteiger charge is 2.22. The molecule has 2 nitrogen and oxygen atoms in total. The molecule has 0 saturated heterocycles. The SMILES string of the molecule is c1ccc2cc(N(c3ccc4ccccc4c3)c3cccc4sc5c6ccccc6c(-c6cccc7c6oc6ccccc67)cc5c34)ccc2c1. The Hall–Kier alpha value is -6.42. The first kappa shape index (κ1) is 28.4. The van der Waals surface area contributed by atoms with Gasteiger partial charge in [0.05, 0.1) is 5.69 Å².